The molecule has 0 aliphatic heterocycles. The summed E-state index contributed by atoms with van der Waals surface area (Å²) in [4.78, 5) is 25.9. The first kappa shape index (κ1) is 14.8. The summed E-state index contributed by atoms with van der Waals surface area (Å²) < 4.78 is 9.77. The maximum Gasteiger partial charge on any atom is 0.354 e. The molecule has 5 heteroatoms. The van der Waals surface area contributed by atoms with E-state index in [1.165, 1.54) is 6.08 Å². The smallest absolute Gasteiger partial charge is 0.354 e. The van der Waals surface area contributed by atoms with E-state index >= 15 is 0 Å². The Morgan fingerprint density at radius 3 is 2.62 bits per heavy atom. The maximum atomic E-state index is 11.7. The Balaban J connectivity index is 2.21. The largest absolute Gasteiger partial charge is 0.463 e. The third-order valence-corrected chi connectivity index (χ3v) is 2.84. The summed E-state index contributed by atoms with van der Waals surface area (Å²) in [5, 5.41) is 0.909. The monoisotopic (exact) mass is 287 g/mol. The predicted octanol–water partition coefficient (Wildman–Crippen LogP) is 2.92. The Morgan fingerprint density at radius 2 is 1.90 bits per heavy atom. The van der Waals surface area contributed by atoms with Crippen molar-refractivity contribution >= 4 is 28.9 Å². The highest BCUT2D eigenvalue weighted by Crippen LogP contribution is 2.18. The molecule has 21 heavy (non-hydrogen) atoms. The van der Waals surface area contributed by atoms with Crippen molar-refractivity contribution in [2.45, 2.75) is 13.8 Å². The number of ether oxygens (including phenoxy) is 2. The molecule has 0 atom stereocenters. The molecule has 0 fully saturated rings. The second kappa shape index (κ2) is 6.74. The van der Waals surface area contributed by atoms with Crippen LogP contribution in [0.4, 0.5) is 0 Å². The van der Waals surface area contributed by atoms with Gasteiger partial charge in [0.1, 0.15) is 5.69 Å². The van der Waals surface area contributed by atoms with Gasteiger partial charge in [-0.15, -0.1) is 0 Å². The Hall–Kier alpha value is -2.56. The van der Waals surface area contributed by atoms with Gasteiger partial charge < -0.3 is 14.5 Å². The molecule has 0 saturated heterocycles. The predicted molar refractivity (Wildman–Crippen MR) is 79.9 cm³/mol. The van der Waals surface area contributed by atoms with Crippen LogP contribution in [0.2, 0.25) is 0 Å². The van der Waals surface area contributed by atoms with E-state index in [9.17, 15) is 9.59 Å². The lowest BCUT2D eigenvalue weighted by Crippen LogP contribution is -2.04. The number of aromatic amines is 1. The molecule has 2 aromatic rings. The molecular formula is C16H17NO4. The Kier molecular flexibility index (Phi) is 4.77. The van der Waals surface area contributed by atoms with E-state index < -0.39 is 0 Å². The van der Waals surface area contributed by atoms with Crippen molar-refractivity contribution < 1.29 is 19.1 Å². The zero-order valence-electron chi connectivity index (χ0n) is 12.0. The normalized spacial score (nSPS) is 11.0. The highest BCUT2D eigenvalue weighted by Gasteiger charge is 2.10. The average Bonchev–Trinajstić information content (AvgIpc) is 2.89. The molecule has 1 heterocycles. The van der Waals surface area contributed by atoms with E-state index in [4.69, 9.17) is 9.47 Å². The lowest BCUT2D eigenvalue weighted by Gasteiger charge is -1.97. The highest BCUT2D eigenvalue weighted by molar-refractivity contribution is 5.95. The molecule has 5 nitrogen and oxygen atoms in total. The van der Waals surface area contributed by atoms with E-state index in [1.54, 1.807) is 26.0 Å². The third kappa shape index (κ3) is 3.72. The number of aromatic nitrogens is 1. The minimum absolute atomic E-state index is 0.335. The van der Waals surface area contributed by atoms with E-state index in [2.05, 4.69) is 4.98 Å². The van der Waals surface area contributed by atoms with Crippen LogP contribution in [0.1, 0.15) is 29.9 Å². The average molecular weight is 287 g/mol. The molecule has 0 aliphatic carbocycles. The number of nitrogens with one attached hydrogen (secondary N) is 1. The summed E-state index contributed by atoms with van der Waals surface area (Å²) >= 11 is 0. The van der Waals surface area contributed by atoms with Gasteiger partial charge in [0.05, 0.1) is 13.2 Å². The highest BCUT2D eigenvalue weighted by atomic mass is 16.5. The van der Waals surface area contributed by atoms with Crippen LogP contribution in [0.5, 0.6) is 0 Å². The quantitative estimate of drug-likeness (QED) is 0.678. The summed E-state index contributed by atoms with van der Waals surface area (Å²) in [6.45, 7) is 4.20. The SMILES string of the molecule is CCOC(=O)C=Cc1ccc2cc(C(=O)OCC)[nH]c2c1. The molecule has 0 radical (unpaired) electrons. The van der Waals surface area contributed by atoms with Gasteiger partial charge in [-0.2, -0.15) is 0 Å². The van der Waals surface area contributed by atoms with Gasteiger partial charge in [-0.1, -0.05) is 12.1 Å². The minimum atomic E-state index is -0.378. The number of hydrogen-bond acceptors (Lipinski definition) is 4. The number of rotatable bonds is 5. The molecule has 0 bridgehead atoms. The summed E-state index contributed by atoms with van der Waals surface area (Å²) in [5.74, 6) is -0.756. The fraction of sp³-hybridized carbons (Fsp3) is 0.250. The molecule has 110 valence electrons. The zero-order chi connectivity index (χ0) is 15.2. The molecule has 2 rings (SSSR count). The molecule has 0 unspecified atom stereocenters. The van der Waals surface area contributed by atoms with Crippen molar-refractivity contribution in [3.63, 3.8) is 0 Å². The number of benzene rings is 1. The Labute approximate surface area is 122 Å². The van der Waals surface area contributed by atoms with Gasteiger partial charge in [0.25, 0.3) is 0 Å². The van der Waals surface area contributed by atoms with Gasteiger partial charge >= 0.3 is 11.9 Å². The van der Waals surface area contributed by atoms with Crippen LogP contribution in [0, 0.1) is 0 Å². The van der Waals surface area contributed by atoms with E-state index in [-0.39, 0.29) is 11.9 Å². The molecular weight excluding hydrogens is 270 g/mol. The number of H-pyrrole nitrogens is 1. The molecule has 0 aliphatic rings. The van der Waals surface area contributed by atoms with Crippen molar-refractivity contribution in [1.82, 2.24) is 4.98 Å². The van der Waals surface area contributed by atoms with E-state index in [0.29, 0.717) is 18.9 Å². The number of carbonyl (C=O) groups is 2. The van der Waals surface area contributed by atoms with Crippen molar-refractivity contribution in [2.75, 3.05) is 13.2 Å². The molecule has 0 spiro atoms. The van der Waals surface area contributed by atoms with E-state index in [0.717, 1.165) is 16.5 Å². The first-order valence-corrected chi connectivity index (χ1v) is 6.78. The van der Waals surface area contributed by atoms with E-state index in [1.807, 2.05) is 18.2 Å². The first-order valence-electron chi connectivity index (χ1n) is 6.78. The van der Waals surface area contributed by atoms with Gasteiger partial charge in [0.15, 0.2) is 0 Å². The Morgan fingerprint density at radius 1 is 1.14 bits per heavy atom. The fourth-order valence-corrected chi connectivity index (χ4v) is 1.92. The number of carbonyl (C=O) groups excluding carboxylic acids is 2. The second-order valence-corrected chi connectivity index (χ2v) is 4.34. The van der Waals surface area contributed by atoms with Crippen LogP contribution in [0.15, 0.2) is 30.3 Å². The molecule has 1 aromatic carbocycles. The van der Waals surface area contributed by atoms with Crippen molar-refractivity contribution in [2.24, 2.45) is 0 Å². The molecule has 1 aromatic heterocycles. The van der Waals surface area contributed by atoms with Crippen LogP contribution >= 0.6 is 0 Å². The van der Waals surface area contributed by atoms with Crippen LogP contribution in [-0.2, 0) is 14.3 Å². The van der Waals surface area contributed by atoms with Crippen molar-refractivity contribution in [3.05, 3.63) is 41.6 Å². The van der Waals surface area contributed by atoms with Crippen molar-refractivity contribution in [1.29, 1.82) is 0 Å². The lowest BCUT2D eigenvalue weighted by atomic mass is 10.1. The molecule has 0 amide bonds. The summed E-state index contributed by atoms with van der Waals surface area (Å²) in [6.07, 6.45) is 3.04. The maximum absolute atomic E-state index is 11.7. The fourth-order valence-electron chi connectivity index (χ4n) is 1.92. The number of esters is 2. The van der Waals surface area contributed by atoms with Crippen molar-refractivity contribution in [3.8, 4) is 0 Å². The standard InChI is InChI=1S/C16H17NO4/c1-3-20-15(18)8-6-11-5-7-12-10-14(16(19)21-4-2)17-13(12)9-11/h5-10,17H,3-4H2,1-2H3. The van der Waals surface area contributed by atoms with Crippen LogP contribution in [-0.4, -0.2) is 30.1 Å². The second-order valence-electron chi connectivity index (χ2n) is 4.34. The van der Waals surface area contributed by atoms with Gasteiger partial charge in [0, 0.05) is 17.0 Å². The first-order chi connectivity index (χ1) is 10.1. The number of hydrogen-bond donors (Lipinski definition) is 1. The third-order valence-electron chi connectivity index (χ3n) is 2.84. The summed E-state index contributed by atoms with van der Waals surface area (Å²) in [7, 11) is 0. The molecule has 1 N–H and O–H groups in total. The summed E-state index contributed by atoms with van der Waals surface area (Å²) in [5.41, 5.74) is 2.07. The minimum Gasteiger partial charge on any atom is -0.463 e. The zero-order valence-corrected chi connectivity index (χ0v) is 12.0. The van der Waals surface area contributed by atoms with Gasteiger partial charge in [-0.3, -0.25) is 0 Å². The summed E-state index contributed by atoms with van der Waals surface area (Å²) in [6, 6.07) is 7.33. The van der Waals surface area contributed by atoms with Crippen LogP contribution < -0.4 is 0 Å². The van der Waals surface area contributed by atoms with Crippen LogP contribution in [0.25, 0.3) is 17.0 Å². The van der Waals surface area contributed by atoms with Gasteiger partial charge in [0.2, 0.25) is 0 Å². The number of fused-ring (bicyclic) bond motifs is 1. The van der Waals surface area contributed by atoms with Gasteiger partial charge in [-0.25, -0.2) is 9.59 Å². The molecule has 0 saturated carbocycles. The topological polar surface area (TPSA) is 68.4 Å². The Bertz CT molecular complexity index is 685. The lowest BCUT2D eigenvalue weighted by molar-refractivity contribution is -0.137. The van der Waals surface area contributed by atoms with Gasteiger partial charge in [-0.05, 0) is 37.6 Å². The van der Waals surface area contributed by atoms with Crippen LogP contribution in [0.3, 0.4) is 0 Å².